The largest absolute Gasteiger partial charge is 0.294 e. The summed E-state index contributed by atoms with van der Waals surface area (Å²) in [6, 6.07) is 5.18. The standard InChI is InChI=1S/C22H33FO/c1-3-5-7-8-17-10-12-18(13-11-17)20-15-14-19(16-21(20)23)22(24)9-6-4-2/h14-18H,3-13H2,1-2H3. The molecular weight excluding hydrogens is 299 g/mol. The lowest BCUT2D eigenvalue weighted by atomic mass is 9.76. The first-order valence-electron chi connectivity index (χ1n) is 9.98. The third-order valence-electron chi connectivity index (χ3n) is 5.58. The maximum atomic E-state index is 14.5. The van der Waals surface area contributed by atoms with Crippen LogP contribution in [0.25, 0.3) is 0 Å². The number of hydrogen-bond donors (Lipinski definition) is 0. The van der Waals surface area contributed by atoms with Gasteiger partial charge in [0.2, 0.25) is 0 Å². The molecule has 0 atom stereocenters. The fraction of sp³-hybridized carbons (Fsp3) is 0.682. The van der Waals surface area contributed by atoms with Gasteiger partial charge in [-0.1, -0.05) is 58.1 Å². The quantitative estimate of drug-likeness (QED) is 0.349. The van der Waals surface area contributed by atoms with E-state index >= 15 is 0 Å². The van der Waals surface area contributed by atoms with E-state index in [-0.39, 0.29) is 11.6 Å². The average Bonchev–Trinajstić information content (AvgIpc) is 2.60. The van der Waals surface area contributed by atoms with Gasteiger partial charge in [-0.25, -0.2) is 4.39 Å². The molecule has 0 aliphatic heterocycles. The van der Waals surface area contributed by atoms with Crippen molar-refractivity contribution in [1.82, 2.24) is 0 Å². The van der Waals surface area contributed by atoms with Crippen molar-refractivity contribution in [2.75, 3.05) is 0 Å². The zero-order chi connectivity index (χ0) is 17.4. The van der Waals surface area contributed by atoms with Crippen molar-refractivity contribution in [1.29, 1.82) is 0 Å². The molecule has 2 rings (SSSR count). The van der Waals surface area contributed by atoms with E-state index in [1.807, 2.05) is 12.1 Å². The molecule has 2 heteroatoms. The van der Waals surface area contributed by atoms with E-state index in [0.717, 1.165) is 37.2 Å². The van der Waals surface area contributed by atoms with Crippen LogP contribution in [0.15, 0.2) is 18.2 Å². The lowest BCUT2D eigenvalue weighted by Crippen LogP contribution is -2.14. The van der Waals surface area contributed by atoms with Gasteiger partial charge in [-0.05, 0) is 55.6 Å². The summed E-state index contributed by atoms with van der Waals surface area (Å²) >= 11 is 0. The van der Waals surface area contributed by atoms with Gasteiger partial charge in [0.05, 0.1) is 0 Å². The highest BCUT2D eigenvalue weighted by molar-refractivity contribution is 5.96. The van der Waals surface area contributed by atoms with Crippen molar-refractivity contribution >= 4 is 5.78 Å². The molecule has 134 valence electrons. The monoisotopic (exact) mass is 332 g/mol. The lowest BCUT2D eigenvalue weighted by molar-refractivity contribution is 0.0979. The molecular formula is C22H33FO. The summed E-state index contributed by atoms with van der Waals surface area (Å²) < 4.78 is 14.5. The van der Waals surface area contributed by atoms with Crippen LogP contribution in [0, 0.1) is 11.7 Å². The molecule has 1 aliphatic carbocycles. The van der Waals surface area contributed by atoms with E-state index < -0.39 is 0 Å². The van der Waals surface area contributed by atoms with Gasteiger partial charge >= 0.3 is 0 Å². The summed E-state index contributed by atoms with van der Waals surface area (Å²) in [4.78, 5) is 12.0. The van der Waals surface area contributed by atoms with Gasteiger partial charge in [-0.15, -0.1) is 0 Å². The number of hydrogen-bond acceptors (Lipinski definition) is 1. The normalized spacial score (nSPS) is 21.0. The van der Waals surface area contributed by atoms with E-state index in [0.29, 0.717) is 17.9 Å². The number of unbranched alkanes of at least 4 members (excludes halogenated alkanes) is 3. The summed E-state index contributed by atoms with van der Waals surface area (Å²) in [5.74, 6) is 1.08. The molecule has 1 saturated carbocycles. The van der Waals surface area contributed by atoms with Crippen LogP contribution in [0.3, 0.4) is 0 Å². The van der Waals surface area contributed by atoms with Crippen LogP contribution >= 0.6 is 0 Å². The second kappa shape index (κ2) is 9.96. The number of halogens is 1. The molecule has 1 aliphatic rings. The van der Waals surface area contributed by atoms with Crippen LogP contribution in [0.1, 0.15) is 106 Å². The molecule has 0 saturated heterocycles. The fourth-order valence-corrected chi connectivity index (χ4v) is 3.96. The van der Waals surface area contributed by atoms with Gasteiger partial charge in [0.15, 0.2) is 5.78 Å². The van der Waals surface area contributed by atoms with Gasteiger partial charge in [-0.2, -0.15) is 0 Å². The minimum atomic E-state index is -0.174. The summed E-state index contributed by atoms with van der Waals surface area (Å²) in [6.07, 6.45) is 12.3. The molecule has 0 spiro atoms. The van der Waals surface area contributed by atoms with E-state index in [4.69, 9.17) is 0 Å². The number of ketones is 1. The summed E-state index contributed by atoms with van der Waals surface area (Å²) in [5.41, 5.74) is 1.37. The Bertz CT molecular complexity index is 515. The van der Waals surface area contributed by atoms with Crippen molar-refractivity contribution in [3.05, 3.63) is 35.1 Å². The fourth-order valence-electron chi connectivity index (χ4n) is 3.96. The maximum absolute atomic E-state index is 14.5. The first-order chi connectivity index (χ1) is 11.7. The number of benzene rings is 1. The van der Waals surface area contributed by atoms with Gasteiger partial charge < -0.3 is 0 Å². The van der Waals surface area contributed by atoms with Gasteiger partial charge in [0, 0.05) is 12.0 Å². The molecule has 0 unspecified atom stereocenters. The zero-order valence-corrected chi connectivity index (χ0v) is 15.5. The predicted molar refractivity (Wildman–Crippen MR) is 99.1 cm³/mol. The number of rotatable bonds is 9. The molecule has 1 fully saturated rings. The molecule has 1 aromatic carbocycles. The number of carbonyl (C=O) groups is 1. The third-order valence-corrected chi connectivity index (χ3v) is 5.58. The van der Waals surface area contributed by atoms with Crippen LogP contribution in [-0.4, -0.2) is 5.78 Å². The SMILES string of the molecule is CCCCCC1CCC(c2ccc(C(=O)CCCC)cc2F)CC1. The van der Waals surface area contributed by atoms with Crippen LogP contribution in [0.5, 0.6) is 0 Å². The van der Waals surface area contributed by atoms with Crippen LogP contribution in [0.4, 0.5) is 4.39 Å². The van der Waals surface area contributed by atoms with Crippen molar-refractivity contribution in [3.8, 4) is 0 Å². The Labute approximate surface area is 147 Å². The molecule has 0 amide bonds. The van der Waals surface area contributed by atoms with E-state index in [2.05, 4.69) is 13.8 Å². The Balaban J connectivity index is 1.90. The van der Waals surface area contributed by atoms with Crippen LogP contribution in [0.2, 0.25) is 0 Å². The molecule has 0 aromatic heterocycles. The Morgan fingerprint density at radius 3 is 2.38 bits per heavy atom. The third kappa shape index (κ3) is 5.43. The molecule has 1 aromatic rings. The van der Waals surface area contributed by atoms with E-state index in [1.54, 1.807) is 0 Å². The first kappa shape index (κ1) is 19.1. The molecule has 0 N–H and O–H groups in total. The minimum Gasteiger partial charge on any atom is -0.294 e. The summed E-state index contributed by atoms with van der Waals surface area (Å²) in [6.45, 7) is 4.31. The lowest BCUT2D eigenvalue weighted by Gasteiger charge is -2.29. The van der Waals surface area contributed by atoms with Crippen molar-refractivity contribution in [2.45, 2.75) is 90.4 Å². The smallest absolute Gasteiger partial charge is 0.162 e. The molecule has 0 bridgehead atoms. The topological polar surface area (TPSA) is 17.1 Å². The highest BCUT2D eigenvalue weighted by Crippen LogP contribution is 2.38. The molecule has 1 nitrogen and oxygen atoms in total. The molecule has 24 heavy (non-hydrogen) atoms. The Kier molecular flexibility index (Phi) is 7.94. The van der Waals surface area contributed by atoms with E-state index in [1.165, 1.54) is 44.6 Å². The second-order valence-corrected chi connectivity index (χ2v) is 7.48. The molecule has 0 radical (unpaired) electrons. The number of Topliss-reactive ketones (excluding diaryl/α,β-unsaturated/α-hetero) is 1. The maximum Gasteiger partial charge on any atom is 0.162 e. The number of carbonyl (C=O) groups excluding carboxylic acids is 1. The van der Waals surface area contributed by atoms with Crippen molar-refractivity contribution in [2.24, 2.45) is 5.92 Å². The van der Waals surface area contributed by atoms with E-state index in [9.17, 15) is 9.18 Å². The summed E-state index contributed by atoms with van der Waals surface area (Å²) in [7, 11) is 0. The van der Waals surface area contributed by atoms with Crippen molar-refractivity contribution < 1.29 is 9.18 Å². The van der Waals surface area contributed by atoms with Gasteiger partial charge in [0.1, 0.15) is 5.82 Å². The second-order valence-electron chi connectivity index (χ2n) is 7.48. The predicted octanol–water partition coefficient (Wildman–Crippen LogP) is 7.05. The van der Waals surface area contributed by atoms with Crippen molar-refractivity contribution in [3.63, 3.8) is 0 Å². The van der Waals surface area contributed by atoms with Crippen LogP contribution in [-0.2, 0) is 0 Å². The Hall–Kier alpha value is -1.18. The highest BCUT2D eigenvalue weighted by Gasteiger charge is 2.24. The minimum absolute atomic E-state index is 0.0712. The van der Waals surface area contributed by atoms with Crippen LogP contribution < -0.4 is 0 Å². The summed E-state index contributed by atoms with van der Waals surface area (Å²) in [5, 5.41) is 0. The first-order valence-corrected chi connectivity index (χ1v) is 9.98. The molecule has 0 heterocycles. The highest BCUT2D eigenvalue weighted by atomic mass is 19.1. The zero-order valence-electron chi connectivity index (χ0n) is 15.5. The van der Waals surface area contributed by atoms with Gasteiger partial charge in [0.25, 0.3) is 0 Å². The Morgan fingerprint density at radius 1 is 1.04 bits per heavy atom. The average molecular weight is 333 g/mol. The Morgan fingerprint density at radius 2 is 1.75 bits per heavy atom. The van der Waals surface area contributed by atoms with Gasteiger partial charge in [-0.3, -0.25) is 4.79 Å².